The Morgan fingerprint density at radius 3 is 3.18 bits per heavy atom. The number of fused-ring (bicyclic) bond motifs is 3. The molecule has 3 rings (SSSR count). The van der Waals surface area contributed by atoms with E-state index in [1.54, 1.807) is 10.8 Å². The van der Waals surface area contributed by atoms with Crippen LogP contribution in [0.2, 0.25) is 0 Å². The average Bonchev–Trinajstić information content (AvgIpc) is 2.66. The number of carboxylic acids is 1. The van der Waals surface area contributed by atoms with Crippen LogP contribution in [0.25, 0.3) is 5.82 Å². The van der Waals surface area contributed by atoms with Crippen LogP contribution in [0.3, 0.4) is 0 Å². The fraction of sp³-hybridized carbons (Fsp3) is 0.182. The van der Waals surface area contributed by atoms with Crippen molar-refractivity contribution in [1.82, 2.24) is 14.5 Å². The Balaban J connectivity index is 2.24. The lowest BCUT2D eigenvalue weighted by Gasteiger charge is -2.06. The van der Waals surface area contributed by atoms with E-state index in [1.807, 2.05) is 12.1 Å². The van der Waals surface area contributed by atoms with Crippen molar-refractivity contribution in [1.29, 1.82) is 0 Å². The highest BCUT2D eigenvalue weighted by atomic mass is 16.4. The molecule has 0 aliphatic carbocycles. The molecule has 0 saturated heterocycles. The Kier molecular flexibility index (Phi) is 2.07. The number of carbonyl (C=O) groups is 1. The predicted octanol–water partition coefficient (Wildman–Crippen LogP) is 0.934. The number of anilines is 1. The van der Waals surface area contributed by atoms with Gasteiger partial charge in [-0.2, -0.15) is 0 Å². The van der Waals surface area contributed by atoms with Crippen LogP contribution in [-0.2, 0) is 6.42 Å². The van der Waals surface area contributed by atoms with E-state index in [1.165, 1.54) is 6.33 Å². The lowest BCUT2D eigenvalue weighted by atomic mass is 10.2. The molecule has 17 heavy (non-hydrogen) atoms. The van der Waals surface area contributed by atoms with Crippen LogP contribution in [0.15, 0.2) is 24.7 Å². The fourth-order valence-electron chi connectivity index (χ4n) is 2.02. The summed E-state index contributed by atoms with van der Waals surface area (Å²) in [6.07, 6.45) is 3.80. The first-order chi connectivity index (χ1) is 8.27. The second-order valence-electron chi connectivity index (χ2n) is 3.77. The third-order valence-corrected chi connectivity index (χ3v) is 2.76. The minimum atomic E-state index is -1.00. The monoisotopic (exact) mass is 230 g/mol. The van der Waals surface area contributed by atoms with Crippen molar-refractivity contribution in [3.05, 3.63) is 36.0 Å². The molecule has 86 valence electrons. The number of pyridine rings is 1. The maximum Gasteiger partial charge on any atom is 0.356 e. The van der Waals surface area contributed by atoms with Crippen LogP contribution in [-0.4, -0.2) is 32.2 Å². The van der Waals surface area contributed by atoms with Gasteiger partial charge in [0.2, 0.25) is 0 Å². The van der Waals surface area contributed by atoms with Crippen molar-refractivity contribution in [3.63, 3.8) is 0 Å². The minimum Gasteiger partial charge on any atom is -0.476 e. The normalized spacial score (nSPS) is 13.2. The molecule has 0 saturated carbocycles. The van der Waals surface area contributed by atoms with Gasteiger partial charge in [0, 0.05) is 19.2 Å². The topological polar surface area (TPSA) is 80.0 Å². The molecule has 0 unspecified atom stereocenters. The molecule has 0 bridgehead atoms. The van der Waals surface area contributed by atoms with Gasteiger partial charge in [0.05, 0.1) is 11.4 Å². The van der Waals surface area contributed by atoms with E-state index in [2.05, 4.69) is 15.3 Å². The smallest absolute Gasteiger partial charge is 0.356 e. The maximum absolute atomic E-state index is 11.0. The summed E-state index contributed by atoms with van der Waals surface area (Å²) in [5, 5.41) is 12.3. The second-order valence-corrected chi connectivity index (χ2v) is 3.77. The zero-order valence-corrected chi connectivity index (χ0v) is 8.92. The van der Waals surface area contributed by atoms with Crippen LogP contribution in [0.1, 0.15) is 16.2 Å². The summed E-state index contributed by atoms with van der Waals surface area (Å²) in [5.74, 6) is -0.307. The summed E-state index contributed by atoms with van der Waals surface area (Å²) in [5.41, 5.74) is 1.67. The van der Waals surface area contributed by atoms with Crippen molar-refractivity contribution in [2.45, 2.75) is 6.42 Å². The van der Waals surface area contributed by atoms with Crippen molar-refractivity contribution < 1.29 is 9.90 Å². The number of aromatic carboxylic acids is 1. The van der Waals surface area contributed by atoms with Crippen LogP contribution in [0.5, 0.6) is 0 Å². The molecular weight excluding hydrogens is 220 g/mol. The van der Waals surface area contributed by atoms with Gasteiger partial charge in [0.1, 0.15) is 6.33 Å². The molecule has 2 aromatic rings. The highest BCUT2D eigenvalue weighted by molar-refractivity contribution is 5.87. The van der Waals surface area contributed by atoms with Gasteiger partial charge < -0.3 is 10.4 Å². The van der Waals surface area contributed by atoms with Gasteiger partial charge in [-0.15, -0.1) is 0 Å². The van der Waals surface area contributed by atoms with Crippen LogP contribution in [0, 0.1) is 0 Å². The van der Waals surface area contributed by atoms with Crippen molar-refractivity contribution in [2.75, 3.05) is 11.9 Å². The minimum absolute atomic E-state index is 0.102. The lowest BCUT2D eigenvalue weighted by molar-refractivity contribution is 0.0690. The Bertz CT molecular complexity index is 591. The first-order valence-corrected chi connectivity index (χ1v) is 5.26. The molecule has 1 aliphatic rings. The molecule has 3 heterocycles. The van der Waals surface area contributed by atoms with Gasteiger partial charge >= 0.3 is 5.97 Å². The van der Waals surface area contributed by atoms with Crippen LogP contribution < -0.4 is 5.32 Å². The SMILES string of the molecule is O=C(O)c1ncn2c1CCNc1cccnc1-2. The molecule has 0 radical (unpaired) electrons. The lowest BCUT2D eigenvalue weighted by Crippen LogP contribution is -2.07. The van der Waals surface area contributed by atoms with Gasteiger partial charge in [0.15, 0.2) is 11.5 Å². The molecule has 0 amide bonds. The number of aromatic nitrogens is 3. The van der Waals surface area contributed by atoms with E-state index in [0.29, 0.717) is 24.5 Å². The third-order valence-electron chi connectivity index (χ3n) is 2.76. The standard InChI is InChI=1S/C11H10N4O2/c16-11(17)9-8-3-5-12-7-2-1-4-13-10(7)15(8)6-14-9/h1-2,4,6,12H,3,5H2,(H,16,17). The van der Waals surface area contributed by atoms with E-state index in [9.17, 15) is 4.79 Å². The maximum atomic E-state index is 11.0. The number of carboxylic acid groups (broad SMARTS) is 1. The average molecular weight is 230 g/mol. The first-order valence-electron chi connectivity index (χ1n) is 5.26. The molecule has 2 aromatic heterocycles. The summed E-state index contributed by atoms with van der Waals surface area (Å²) >= 11 is 0. The quantitative estimate of drug-likeness (QED) is 0.761. The summed E-state index contributed by atoms with van der Waals surface area (Å²) in [7, 11) is 0. The summed E-state index contributed by atoms with van der Waals surface area (Å²) < 4.78 is 1.73. The molecule has 0 atom stereocenters. The Morgan fingerprint density at radius 2 is 2.35 bits per heavy atom. The highest BCUT2D eigenvalue weighted by Crippen LogP contribution is 2.24. The predicted molar refractivity (Wildman–Crippen MR) is 60.5 cm³/mol. The van der Waals surface area contributed by atoms with E-state index < -0.39 is 5.97 Å². The molecule has 0 fully saturated rings. The Labute approximate surface area is 96.9 Å². The summed E-state index contributed by atoms with van der Waals surface area (Å²) in [4.78, 5) is 19.2. The molecular formula is C11H10N4O2. The van der Waals surface area contributed by atoms with Crippen molar-refractivity contribution >= 4 is 11.7 Å². The molecule has 2 N–H and O–H groups in total. The number of hydrogen-bond acceptors (Lipinski definition) is 4. The first kappa shape index (κ1) is 9.83. The van der Waals surface area contributed by atoms with Gasteiger partial charge in [-0.25, -0.2) is 14.8 Å². The van der Waals surface area contributed by atoms with E-state index in [4.69, 9.17) is 5.11 Å². The largest absolute Gasteiger partial charge is 0.476 e. The van der Waals surface area contributed by atoms with E-state index in [0.717, 1.165) is 5.69 Å². The molecule has 1 aliphatic heterocycles. The molecule has 0 aromatic carbocycles. The third kappa shape index (κ3) is 1.45. The number of imidazole rings is 1. The fourth-order valence-corrected chi connectivity index (χ4v) is 2.02. The summed E-state index contributed by atoms with van der Waals surface area (Å²) in [6.45, 7) is 0.671. The number of hydrogen-bond donors (Lipinski definition) is 2. The Morgan fingerprint density at radius 1 is 1.47 bits per heavy atom. The summed E-state index contributed by atoms with van der Waals surface area (Å²) in [6, 6.07) is 3.75. The van der Waals surface area contributed by atoms with Crippen molar-refractivity contribution in [2.24, 2.45) is 0 Å². The van der Waals surface area contributed by atoms with Gasteiger partial charge in [-0.05, 0) is 12.1 Å². The van der Waals surface area contributed by atoms with Gasteiger partial charge in [0.25, 0.3) is 0 Å². The Hall–Kier alpha value is -2.37. The molecule has 6 nitrogen and oxygen atoms in total. The zero-order chi connectivity index (χ0) is 11.8. The number of nitrogens with one attached hydrogen (secondary N) is 1. The van der Waals surface area contributed by atoms with Crippen molar-refractivity contribution in [3.8, 4) is 5.82 Å². The number of rotatable bonds is 1. The van der Waals surface area contributed by atoms with Crippen LogP contribution >= 0.6 is 0 Å². The van der Waals surface area contributed by atoms with Gasteiger partial charge in [-0.3, -0.25) is 4.57 Å². The molecule has 6 heteroatoms. The van der Waals surface area contributed by atoms with E-state index >= 15 is 0 Å². The van der Waals surface area contributed by atoms with E-state index in [-0.39, 0.29) is 5.69 Å². The number of nitrogens with zero attached hydrogens (tertiary/aromatic N) is 3. The van der Waals surface area contributed by atoms with Crippen LogP contribution in [0.4, 0.5) is 5.69 Å². The molecule has 0 spiro atoms. The van der Waals surface area contributed by atoms with Gasteiger partial charge in [-0.1, -0.05) is 0 Å². The second kappa shape index (κ2) is 3.58. The highest BCUT2D eigenvalue weighted by Gasteiger charge is 2.21. The zero-order valence-electron chi connectivity index (χ0n) is 8.92.